The summed E-state index contributed by atoms with van der Waals surface area (Å²) in [6.07, 6.45) is 16.8. The van der Waals surface area contributed by atoms with E-state index in [4.69, 9.17) is 24.4 Å². The first kappa shape index (κ1) is 39.4. The Bertz CT molecular complexity index is 2790. The fourth-order valence-electron chi connectivity index (χ4n) is 9.91. The zero-order chi connectivity index (χ0) is 41.7. The van der Waals surface area contributed by atoms with E-state index >= 15 is 0 Å². The molecular weight excluding hydrogens is 757 g/mol. The van der Waals surface area contributed by atoms with Crippen LogP contribution in [0.5, 0.6) is 0 Å². The largest absolute Gasteiger partial charge is 0.437 e. The molecule has 0 radical (unpaired) electrons. The van der Waals surface area contributed by atoms with Crippen LogP contribution in [0.15, 0.2) is 175 Å². The molecule has 5 heterocycles. The molecule has 0 bridgehead atoms. The second-order valence-corrected chi connectivity index (χ2v) is 17.4. The van der Waals surface area contributed by atoms with E-state index in [-0.39, 0.29) is 0 Å². The maximum Gasteiger partial charge on any atom is 0.227 e. The Hall–Kier alpha value is -6.72. The van der Waals surface area contributed by atoms with Crippen LogP contribution in [0.1, 0.15) is 60.9 Å². The van der Waals surface area contributed by atoms with E-state index in [2.05, 4.69) is 164 Å². The molecule has 1 aliphatic carbocycles. The minimum absolute atomic E-state index is 0.652. The van der Waals surface area contributed by atoms with E-state index in [9.17, 15) is 0 Å². The van der Waals surface area contributed by atoms with Crippen molar-refractivity contribution in [3.8, 4) is 44.9 Å². The Morgan fingerprint density at radius 1 is 0.468 bits per heavy atom. The van der Waals surface area contributed by atoms with Crippen LogP contribution in [0.4, 0.5) is 0 Å². The first-order valence-electron chi connectivity index (χ1n) is 22.4. The zero-order valence-corrected chi connectivity index (χ0v) is 35.5. The molecule has 1 aliphatic rings. The molecule has 4 aromatic carbocycles. The molecule has 2 atom stereocenters. The van der Waals surface area contributed by atoms with Gasteiger partial charge < -0.3 is 4.42 Å². The third-order valence-corrected chi connectivity index (χ3v) is 13.1. The van der Waals surface area contributed by atoms with Crippen molar-refractivity contribution < 1.29 is 4.42 Å². The molecule has 306 valence electrons. The lowest BCUT2D eigenvalue weighted by Gasteiger charge is -2.35. The maximum absolute atomic E-state index is 6.43. The number of aryl methyl sites for hydroxylation is 4. The Morgan fingerprint density at radius 3 is 1.58 bits per heavy atom. The average Bonchev–Trinajstić information content (AvgIpc) is 3.71. The molecule has 0 saturated heterocycles. The monoisotopic (exact) mass is 808 g/mol. The third-order valence-electron chi connectivity index (χ3n) is 13.1. The summed E-state index contributed by atoms with van der Waals surface area (Å²) < 4.78 is 6.43. The summed E-state index contributed by atoms with van der Waals surface area (Å²) in [5, 5.41) is 2.10. The standard InChI is InChI=1S/C57H52N4O/c1-39-20-29-50-49-18-11-19-51(56(49)62-57(50)61-39)55-35-52(45-12-5-2-6-13-45)48(38-60-55)28-25-44-33-42(23-21-40-26-30-53(58-36-40)46-14-7-3-8-15-46)32-43(34-44)24-22-41-27-31-54(59-37-41)47-16-9-4-10-17-47/h2-20,26-27,29-31,35-38,42-44H,21-25,28,32-34H2,1H3. The minimum Gasteiger partial charge on any atom is -0.437 e. The highest BCUT2D eigenvalue weighted by Crippen LogP contribution is 2.42. The highest BCUT2D eigenvalue weighted by Gasteiger charge is 2.29. The number of hydrogen-bond donors (Lipinski definition) is 0. The summed E-state index contributed by atoms with van der Waals surface area (Å²) in [4.78, 5) is 19.6. The van der Waals surface area contributed by atoms with Crippen molar-refractivity contribution in [3.05, 3.63) is 193 Å². The zero-order valence-electron chi connectivity index (χ0n) is 35.5. The predicted molar refractivity (Wildman–Crippen MR) is 254 cm³/mol. The summed E-state index contributed by atoms with van der Waals surface area (Å²) in [5.74, 6) is 2.02. The maximum atomic E-state index is 6.43. The van der Waals surface area contributed by atoms with E-state index in [0.717, 1.165) is 70.4 Å². The molecule has 5 nitrogen and oxygen atoms in total. The number of furan rings is 1. The second-order valence-electron chi connectivity index (χ2n) is 17.4. The van der Waals surface area contributed by atoms with Gasteiger partial charge in [0, 0.05) is 51.7 Å². The van der Waals surface area contributed by atoms with Crippen molar-refractivity contribution in [2.24, 2.45) is 17.8 Å². The lowest BCUT2D eigenvalue weighted by molar-refractivity contribution is 0.172. The van der Waals surface area contributed by atoms with E-state index in [0.29, 0.717) is 23.5 Å². The number of nitrogens with zero attached hydrogens (tertiary/aromatic N) is 4. The molecule has 0 aliphatic heterocycles. The van der Waals surface area contributed by atoms with Crippen LogP contribution in [-0.4, -0.2) is 19.9 Å². The summed E-state index contributed by atoms with van der Waals surface area (Å²) in [7, 11) is 0. The normalized spacial score (nSPS) is 16.5. The number of para-hydroxylation sites is 1. The van der Waals surface area contributed by atoms with Gasteiger partial charge in [-0.15, -0.1) is 0 Å². The van der Waals surface area contributed by atoms with Crippen LogP contribution < -0.4 is 0 Å². The molecule has 5 aromatic heterocycles. The van der Waals surface area contributed by atoms with Crippen molar-refractivity contribution in [2.75, 3.05) is 0 Å². The Labute approximate surface area is 365 Å². The van der Waals surface area contributed by atoms with Crippen LogP contribution in [0.25, 0.3) is 67.0 Å². The molecule has 10 rings (SSSR count). The van der Waals surface area contributed by atoms with Gasteiger partial charge in [-0.2, -0.15) is 0 Å². The fourth-order valence-corrected chi connectivity index (χ4v) is 9.91. The first-order chi connectivity index (χ1) is 30.6. The summed E-state index contributed by atoms with van der Waals surface area (Å²) >= 11 is 0. The van der Waals surface area contributed by atoms with Gasteiger partial charge in [-0.3, -0.25) is 15.0 Å². The quantitative estimate of drug-likeness (QED) is 0.116. The van der Waals surface area contributed by atoms with Crippen LogP contribution in [-0.2, 0) is 19.3 Å². The van der Waals surface area contributed by atoms with Gasteiger partial charge in [-0.05, 0) is 147 Å². The minimum atomic E-state index is 0.652. The number of pyridine rings is 4. The highest BCUT2D eigenvalue weighted by atomic mass is 16.3. The Balaban J connectivity index is 0.880. The van der Waals surface area contributed by atoms with E-state index in [1.807, 2.05) is 13.0 Å². The van der Waals surface area contributed by atoms with Crippen LogP contribution in [0, 0.1) is 24.7 Å². The van der Waals surface area contributed by atoms with Crippen molar-refractivity contribution >= 4 is 22.1 Å². The highest BCUT2D eigenvalue weighted by molar-refractivity contribution is 6.08. The summed E-state index contributed by atoms with van der Waals surface area (Å²) in [6.45, 7) is 2.00. The molecule has 0 amide bonds. The number of fused-ring (bicyclic) bond motifs is 3. The van der Waals surface area contributed by atoms with Gasteiger partial charge in [-0.1, -0.05) is 115 Å². The van der Waals surface area contributed by atoms with E-state index in [1.54, 1.807) is 0 Å². The first-order valence-corrected chi connectivity index (χ1v) is 22.4. The van der Waals surface area contributed by atoms with E-state index in [1.165, 1.54) is 71.0 Å². The van der Waals surface area contributed by atoms with Gasteiger partial charge in [0.05, 0.1) is 17.1 Å². The third kappa shape index (κ3) is 8.85. The van der Waals surface area contributed by atoms with Gasteiger partial charge in [0.2, 0.25) is 5.71 Å². The molecule has 2 unspecified atom stereocenters. The van der Waals surface area contributed by atoms with Crippen LogP contribution in [0.3, 0.4) is 0 Å². The van der Waals surface area contributed by atoms with Crippen molar-refractivity contribution in [1.29, 1.82) is 0 Å². The molecule has 62 heavy (non-hydrogen) atoms. The molecule has 1 saturated carbocycles. The topological polar surface area (TPSA) is 64.7 Å². The van der Waals surface area contributed by atoms with Crippen LogP contribution in [0.2, 0.25) is 0 Å². The lowest BCUT2D eigenvalue weighted by Crippen LogP contribution is -2.24. The predicted octanol–water partition coefficient (Wildman–Crippen LogP) is 14.4. The lowest BCUT2D eigenvalue weighted by atomic mass is 9.70. The number of benzene rings is 4. The number of rotatable bonds is 13. The summed E-state index contributed by atoms with van der Waals surface area (Å²) in [5.41, 5.74) is 15.2. The van der Waals surface area contributed by atoms with E-state index < -0.39 is 0 Å². The smallest absolute Gasteiger partial charge is 0.227 e. The average molecular weight is 809 g/mol. The van der Waals surface area contributed by atoms with Gasteiger partial charge in [0.25, 0.3) is 0 Å². The molecule has 9 aromatic rings. The fraction of sp³-hybridized carbons (Fsp3) is 0.228. The van der Waals surface area contributed by atoms with Crippen LogP contribution >= 0.6 is 0 Å². The Morgan fingerprint density at radius 2 is 1.02 bits per heavy atom. The van der Waals surface area contributed by atoms with Gasteiger partial charge in [0.1, 0.15) is 5.58 Å². The molecular formula is C57H52N4O. The van der Waals surface area contributed by atoms with Gasteiger partial charge in [-0.25, -0.2) is 4.98 Å². The van der Waals surface area contributed by atoms with Crippen molar-refractivity contribution in [1.82, 2.24) is 19.9 Å². The summed E-state index contributed by atoms with van der Waals surface area (Å²) in [6, 6.07) is 53.5. The van der Waals surface area contributed by atoms with Gasteiger partial charge >= 0.3 is 0 Å². The number of hydrogen-bond acceptors (Lipinski definition) is 5. The van der Waals surface area contributed by atoms with Crippen molar-refractivity contribution in [3.63, 3.8) is 0 Å². The van der Waals surface area contributed by atoms with Crippen molar-refractivity contribution in [2.45, 2.75) is 64.7 Å². The SMILES string of the molecule is Cc1ccc2c(n1)oc1c(-c3cc(-c4ccccc4)c(CCC4CC(CCc5ccc(-c6ccccc6)nc5)CC(CCc5ccc(-c6ccccc6)nc5)C4)cn3)cccc12. The molecule has 0 spiro atoms. The molecule has 0 N–H and O–H groups in total. The number of aromatic nitrogens is 4. The Kier molecular flexibility index (Phi) is 11.5. The van der Waals surface area contributed by atoms with Gasteiger partial charge in [0.15, 0.2) is 0 Å². The molecule has 1 fully saturated rings. The second kappa shape index (κ2) is 18.1. The molecule has 5 heteroatoms.